The van der Waals surface area contributed by atoms with E-state index in [0.29, 0.717) is 0 Å². The van der Waals surface area contributed by atoms with Crippen LogP contribution in [0.2, 0.25) is 0 Å². The van der Waals surface area contributed by atoms with E-state index in [1.54, 1.807) is 20.8 Å². The highest BCUT2D eigenvalue weighted by atomic mass is 16.5. The maximum atomic E-state index is 12.0. The monoisotopic (exact) mass is 302 g/mol. The summed E-state index contributed by atoms with van der Waals surface area (Å²) in [6.45, 7) is 6.40. The minimum Gasteiger partial charge on any atom is -0.480 e. The Kier molecular flexibility index (Phi) is 8.03. The number of hydrogen-bond donors (Lipinski definition) is 3. The Labute approximate surface area is 123 Å². The van der Waals surface area contributed by atoms with Gasteiger partial charge < -0.3 is 20.5 Å². The molecule has 0 aliphatic carbocycles. The molecule has 0 aromatic rings. The predicted octanol–water partition coefficient (Wildman–Crippen LogP) is -0.330. The van der Waals surface area contributed by atoms with E-state index in [9.17, 15) is 19.2 Å². The Morgan fingerprint density at radius 1 is 1.14 bits per heavy atom. The third-order valence-electron chi connectivity index (χ3n) is 2.60. The number of aliphatic carboxylic acids is 1. The van der Waals surface area contributed by atoms with Crippen LogP contribution in [0, 0.1) is 5.92 Å². The standard InChI is InChI=1S/C13H22N2O6/c1-5-21-10(17)6-9(13(19)20)15-12(18)11(7(2)3)14-8(4)16/h7,9,11H,5-6H2,1-4H3,(H,14,16)(H,15,18)(H,19,20)/t9-,11+/m0/s1. The minimum absolute atomic E-state index is 0.125. The van der Waals surface area contributed by atoms with E-state index >= 15 is 0 Å². The van der Waals surface area contributed by atoms with E-state index in [2.05, 4.69) is 15.4 Å². The van der Waals surface area contributed by atoms with Gasteiger partial charge in [0.2, 0.25) is 11.8 Å². The van der Waals surface area contributed by atoms with Gasteiger partial charge in [0.05, 0.1) is 13.0 Å². The Morgan fingerprint density at radius 2 is 1.71 bits per heavy atom. The number of amides is 2. The molecule has 0 aliphatic rings. The van der Waals surface area contributed by atoms with E-state index in [4.69, 9.17) is 5.11 Å². The molecular weight excluding hydrogens is 280 g/mol. The first-order chi connectivity index (χ1) is 9.68. The highest BCUT2D eigenvalue weighted by Gasteiger charge is 2.29. The fourth-order valence-corrected chi connectivity index (χ4v) is 1.60. The first-order valence-electron chi connectivity index (χ1n) is 6.64. The molecule has 0 aromatic heterocycles. The Bertz CT molecular complexity index is 407. The molecule has 8 nitrogen and oxygen atoms in total. The highest BCUT2D eigenvalue weighted by molar-refractivity contribution is 5.91. The van der Waals surface area contributed by atoms with Crippen molar-refractivity contribution >= 4 is 23.8 Å². The lowest BCUT2D eigenvalue weighted by molar-refractivity contribution is -0.150. The summed E-state index contributed by atoms with van der Waals surface area (Å²) in [7, 11) is 0. The Balaban J connectivity index is 4.82. The molecule has 3 N–H and O–H groups in total. The molecule has 0 bridgehead atoms. The second-order valence-corrected chi connectivity index (χ2v) is 4.83. The summed E-state index contributed by atoms with van der Waals surface area (Å²) in [6, 6.07) is -2.27. The molecule has 120 valence electrons. The average molecular weight is 302 g/mol. The van der Waals surface area contributed by atoms with Gasteiger partial charge in [-0.3, -0.25) is 14.4 Å². The van der Waals surface area contributed by atoms with Crippen molar-refractivity contribution in [2.24, 2.45) is 5.92 Å². The summed E-state index contributed by atoms with van der Waals surface area (Å²) >= 11 is 0. The van der Waals surface area contributed by atoms with Gasteiger partial charge in [0.25, 0.3) is 0 Å². The molecule has 0 rings (SSSR count). The van der Waals surface area contributed by atoms with Crippen LogP contribution in [0.5, 0.6) is 0 Å². The number of carboxylic acid groups (broad SMARTS) is 1. The number of esters is 1. The van der Waals surface area contributed by atoms with Gasteiger partial charge in [0.15, 0.2) is 0 Å². The second-order valence-electron chi connectivity index (χ2n) is 4.83. The van der Waals surface area contributed by atoms with E-state index in [1.807, 2.05) is 0 Å². The van der Waals surface area contributed by atoms with Gasteiger partial charge in [-0.2, -0.15) is 0 Å². The van der Waals surface area contributed by atoms with E-state index in [0.717, 1.165) is 0 Å². The third kappa shape index (κ3) is 7.28. The van der Waals surface area contributed by atoms with Gasteiger partial charge in [-0.05, 0) is 12.8 Å². The minimum atomic E-state index is -1.40. The largest absolute Gasteiger partial charge is 0.480 e. The SMILES string of the molecule is CCOC(=O)C[C@H](NC(=O)[C@H](NC(C)=O)C(C)C)C(=O)O. The number of hydrogen-bond acceptors (Lipinski definition) is 5. The fourth-order valence-electron chi connectivity index (χ4n) is 1.60. The molecule has 0 spiro atoms. The number of carboxylic acids is 1. The van der Waals surface area contributed by atoms with Crippen molar-refractivity contribution in [2.45, 2.75) is 46.2 Å². The van der Waals surface area contributed by atoms with Gasteiger partial charge >= 0.3 is 11.9 Å². The summed E-state index contributed by atoms with van der Waals surface area (Å²) in [6.07, 6.45) is -0.472. The normalized spacial score (nSPS) is 13.2. The summed E-state index contributed by atoms with van der Waals surface area (Å²) in [4.78, 5) is 45.5. The van der Waals surface area contributed by atoms with Gasteiger partial charge in [-0.15, -0.1) is 0 Å². The number of carbonyl (C=O) groups is 4. The molecule has 21 heavy (non-hydrogen) atoms. The second kappa shape index (κ2) is 8.93. The van der Waals surface area contributed by atoms with Crippen molar-refractivity contribution in [3.05, 3.63) is 0 Å². The van der Waals surface area contributed by atoms with Crippen LogP contribution in [0.1, 0.15) is 34.1 Å². The average Bonchev–Trinajstić information content (AvgIpc) is 2.34. The molecule has 0 radical (unpaired) electrons. The third-order valence-corrected chi connectivity index (χ3v) is 2.60. The van der Waals surface area contributed by atoms with Crippen LogP contribution in [0.3, 0.4) is 0 Å². The van der Waals surface area contributed by atoms with Crippen molar-refractivity contribution in [2.75, 3.05) is 6.61 Å². The number of nitrogens with one attached hydrogen (secondary N) is 2. The van der Waals surface area contributed by atoms with Gasteiger partial charge in [-0.25, -0.2) is 4.79 Å². The molecule has 0 saturated heterocycles. The zero-order chi connectivity index (χ0) is 16.6. The van der Waals surface area contributed by atoms with Crippen LogP contribution < -0.4 is 10.6 Å². The summed E-state index contributed by atoms with van der Waals surface area (Å²) in [5, 5.41) is 13.7. The zero-order valence-corrected chi connectivity index (χ0v) is 12.6. The summed E-state index contributed by atoms with van der Waals surface area (Å²) in [5.74, 6) is -3.35. The lowest BCUT2D eigenvalue weighted by atomic mass is 10.0. The van der Waals surface area contributed by atoms with Crippen molar-refractivity contribution in [3.8, 4) is 0 Å². The zero-order valence-electron chi connectivity index (χ0n) is 12.6. The molecule has 0 heterocycles. The molecule has 0 saturated carbocycles. The van der Waals surface area contributed by atoms with E-state index in [1.165, 1.54) is 6.92 Å². The number of carbonyl (C=O) groups excluding carboxylic acids is 3. The topological polar surface area (TPSA) is 122 Å². The van der Waals surface area contributed by atoms with Gasteiger partial charge in [-0.1, -0.05) is 13.8 Å². The molecule has 0 fully saturated rings. The number of rotatable bonds is 8. The van der Waals surface area contributed by atoms with Crippen LogP contribution in [0.15, 0.2) is 0 Å². The molecule has 0 aromatic carbocycles. The molecule has 2 amide bonds. The molecular formula is C13H22N2O6. The number of ether oxygens (including phenoxy) is 1. The lowest BCUT2D eigenvalue weighted by Crippen LogP contribution is -2.53. The lowest BCUT2D eigenvalue weighted by Gasteiger charge is -2.23. The van der Waals surface area contributed by atoms with E-state index in [-0.39, 0.29) is 12.5 Å². The molecule has 2 atom stereocenters. The quantitative estimate of drug-likeness (QED) is 0.528. The van der Waals surface area contributed by atoms with E-state index < -0.39 is 42.3 Å². The van der Waals surface area contributed by atoms with Crippen LogP contribution in [0.25, 0.3) is 0 Å². The first kappa shape index (κ1) is 18.9. The fraction of sp³-hybridized carbons (Fsp3) is 0.692. The summed E-state index contributed by atoms with van der Waals surface area (Å²) in [5.41, 5.74) is 0. The van der Waals surface area contributed by atoms with Gasteiger partial charge in [0.1, 0.15) is 12.1 Å². The van der Waals surface area contributed by atoms with Crippen molar-refractivity contribution < 1.29 is 29.0 Å². The maximum absolute atomic E-state index is 12.0. The van der Waals surface area contributed by atoms with Crippen molar-refractivity contribution in [3.63, 3.8) is 0 Å². The smallest absolute Gasteiger partial charge is 0.326 e. The van der Waals surface area contributed by atoms with Gasteiger partial charge in [0, 0.05) is 6.92 Å². The van der Waals surface area contributed by atoms with Crippen molar-refractivity contribution in [1.29, 1.82) is 0 Å². The van der Waals surface area contributed by atoms with Crippen LogP contribution in [-0.4, -0.2) is 47.6 Å². The van der Waals surface area contributed by atoms with Crippen molar-refractivity contribution in [1.82, 2.24) is 10.6 Å². The Hall–Kier alpha value is -2.12. The first-order valence-corrected chi connectivity index (χ1v) is 6.64. The Morgan fingerprint density at radius 3 is 2.10 bits per heavy atom. The molecule has 0 unspecified atom stereocenters. The maximum Gasteiger partial charge on any atom is 0.326 e. The highest BCUT2D eigenvalue weighted by Crippen LogP contribution is 2.04. The molecule has 0 aliphatic heterocycles. The summed E-state index contributed by atoms with van der Waals surface area (Å²) < 4.78 is 4.65. The van der Waals surface area contributed by atoms with Crippen LogP contribution >= 0.6 is 0 Å². The molecule has 8 heteroatoms. The predicted molar refractivity (Wildman–Crippen MR) is 73.3 cm³/mol. The van der Waals surface area contributed by atoms with Crippen LogP contribution in [-0.2, 0) is 23.9 Å². The van der Waals surface area contributed by atoms with Crippen LogP contribution in [0.4, 0.5) is 0 Å².